The molecule has 1 aromatic carbocycles. The zero-order valence-electron chi connectivity index (χ0n) is 13.9. The Balaban J connectivity index is 1.61. The zero-order chi connectivity index (χ0) is 16.9. The van der Waals surface area contributed by atoms with E-state index in [1.54, 1.807) is 25.3 Å². The van der Waals surface area contributed by atoms with Crippen molar-refractivity contribution in [2.45, 2.75) is 38.1 Å². The lowest BCUT2D eigenvalue weighted by Gasteiger charge is -2.09. The molecule has 0 bridgehead atoms. The van der Waals surface area contributed by atoms with Gasteiger partial charge in [0.25, 0.3) is 5.91 Å². The van der Waals surface area contributed by atoms with Gasteiger partial charge in [0.1, 0.15) is 0 Å². The van der Waals surface area contributed by atoms with Crippen molar-refractivity contribution in [1.29, 1.82) is 0 Å². The normalized spacial score (nSPS) is 14.6. The number of amides is 1. The van der Waals surface area contributed by atoms with E-state index in [1.165, 1.54) is 20.0 Å². The van der Waals surface area contributed by atoms with E-state index in [0.717, 1.165) is 12.8 Å². The van der Waals surface area contributed by atoms with Crippen LogP contribution < -0.4 is 14.8 Å². The van der Waals surface area contributed by atoms with Gasteiger partial charge in [0.15, 0.2) is 17.3 Å². The predicted molar refractivity (Wildman–Crippen MR) is 86.2 cm³/mol. The van der Waals surface area contributed by atoms with E-state index in [0.29, 0.717) is 34.7 Å². The lowest BCUT2D eigenvalue weighted by Crippen LogP contribution is -2.23. The standard InChI is InChI=1S/C17H21N3O4/c1-22-13-8-7-12(9-14(13)23-2)16(21)18-10-15-19-17(24-20-15)11-5-3-4-6-11/h7-9,11H,3-6,10H2,1-2H3,(H,18,21). The van der Waals surface area contributed by atoms with Crippen LogP contribution in [0, 0.1) is 0 Å². The summed E-state index contributed by atoms with van der Waals surface area (Å²) in [6, 6.07) is 5.01. The highest BCUT2D eigenvalue weighted by molar-refractivity contribution is 5.94. The summed E-state index contributed by atoms with van der Waals surface area (Å²) in [7, 11) is 3.08. The number of hydrogen-bond donors (Lipinski definition) is 1. The third-order valence-corrected chi connectivity index (χ3v) is 4.24. The summed E-state index contributed by atoms with van der Waals surface area (Å²) < 4.78 is 15.7. The van der Waals surface area contributed by atoms with E-state index >= 15 is 0 Å². The zero-order valence-corrected chi connectivity index (χ0v) is 13.9. The average Bonchev–Trinajstić information content (AvgIpc) is 3.30. The number of rotatable bonds is 6. The van der Waals surface area contributed by atoms with Gasteiger partial charge in [-0.3, -0.25) is 4.79 Å². The molecule has 0 radical (unpaired) electrons. The molecule has 1 fully saturated rings. The number of benzene rings is 1. The van der Waals surface area contributed by atoms with Crippen molar-refractivity contribution in [1.82, 2.24) is 15.5 Å². The van der Waals surface area contributed by atoms with E-state index in [1.807, 2.05) is 0 Å². The monoisotopic (exact) mass is 331 g/mol. The first kappa shape index (κ1) is 16.3. The van der Waals surface area contributed by atoms with E-state index in [-0.39, 0.29) is 12.5 Å². The Morgan fingerprint density at radius 2 is 2.00 bits per heavy atom. The van der Waals surface area contributed by atoms with Gasteiger partial charge in [-0.1, -0.05) is 18.0 Å². The van der Waals surface area contributed by atoms with Crippen LogP contribution in [-0.2, 0) is 6.54 Å². The average molecular weight is 331 g/mol. The number of ether oxygens (including phenoxy) is 2. The second kappa shape index (κ2) is 7.33. The van der Waals surface area contributed by atoms with Crippen molar-refractivity contribution in [2.24, 2.45) is 0 Å². The smallest absolute Gasteiger partial charge is 0.251 e. The van der Waals surface area contributed by atoms with Crippen molar-refractivity contribution >= 4 is 5.91 Å². The Bertz CT molecular complexity index is 708. The molecule has 1 aromatic heterocycles. The molecular formula is C17H21N3O4. The van der Waals surface area contributed by atoms with Crippen LogP contribution in [-0.4, -0.2) is 30.3 Å². The summed E-state index contributed by atoms with van der Waals surface area (Å²) in [5, 5.41) is 6.73. The van der Waals surface area contributed by atoms with Crippen molar-refractivity contribution in [3.63, 3.8) is 0 Å². The van der Waals surface area contributed by atoms with Gasteiger partial charge in [0.05, 0.1) is 20.8 Å². The lowest BCUT2D eigenvalue weighted by molar-refractivity contribution is 0.0949. The van der Waals surface area contributed by atoms with E-state index < -0.39 is 0 Å². The highest BCUT2D eigenvalue weighted by atomic mass is 16.5. The van der Waals surface area contributed by atoms with E-state index in [9.17, 15) is 4.79 Å². The van der Waals surface area contributed by atoms with Crippen molar-refractivity contribution in [3.8, 4) is 11.5 Å². The molecule has 1 amide bonds. The van der Waals surface area contributed by atoms with Crippen molar-refractivity contribution < 1.29 is 18.8 Å². The van der Waals surface area contributed by atoms with Crippen LogP contribution >= 0.6 is 0 Å². The molecular weight excluding hydrogens is 310 g/mol. The SMILES string of the molecule is COc1ccc(C(=O)NCc2noc(C3CCCC3)n2)cc1OC. The molecule has 0 aliphatic heterocycles. The van der Waals surface area contributed by atoms with Crippen LogP contribution in [0.2, 0.25) is 0 Å². The molecule has 128 valence electrons. The number of methoxy groups -OCH3 is 2. The minimum absolute atomic E-state index is 0.226. The summed E-state index contributed by atoms with van der Waals surface area (Å²) >= 11 is 0. The van der Waals surface area contributed by atoms with Gasteiger partial charge in [-0.05, 0) is 31.0 Å². The predicted octanol–water partition coefficient (Wildman–Crippen LogP) is 2.67. The minimum atomic E-state index is -0.233. The minimum Gasteiger partial charge on any atom is -0.493 e. The van der Waals surface area contributed by atoms with Gasteiger partial charge in [0, 0.05) is 11.5 Å². The quantitative estimate of drug-likeness (QED) is 0.876. The summed E-state index contributed by atoms with van der Waals surface area (Å²) in [6.07, 6.45) is 4.61. The molecule has 1 aliphatic carbocycles. The third kappa shape index (κ3) is 3.50. The molecule has 24 heavy (non-hydrogen) atoms. The first-order valence-corrected chi connectivity index (χ1v) is 8.04. The van der Waals surface area contributed by atoms with Crippen LogP contribution in [0.5, 0.6) is 11.5 Å². The summed E-state index contributed by atoms with van der Waals surface area (Å²) in [5.74, 6) is 2.39. The topological polar surface area (TPSA) is 86.5 Å². The van der Waals surface area contributed by atoms with E-state index in [2.05, 4.69) is 15.5 Å². The Labute approximate surface area is 140 Å². The fraction of sp³-hybridized carbons (Fsp3) is 0.471. The highest BCUT2D eigenvalue weighted by Gasteiger charge is 2.23. The second-order valence-electron chi connectivity index (χ2n) is 5.78. The summed E-state index contributed by atoms with van der Waals surface area (Å²) in [6.45, 7) is 0.226. The Morgan fingerprint density at radius 3 is 2.71 bits per heavy atom. The number of hydrogen-bond acceptors (Lipinski definition) is 6. The van der Waals surface area contributed by atoms with Gasteiger partial charge in [0.2, 0.25) is 5.89 Å². The summed E-state index contributed by atoms with van der Waals surface area (Å²) in [4.78, 5) is 16.6. The van der Waals surface area contributed by atoms with Crippen LogP contribution in [0.15, 0.2) is 22.7 Å². The van der Waals surface area contributed by atoms with Gasteiger partial charge in [-0.2, -0.15) is 4.98 Å². The molecule has 0 atom stereocenters. The Kier molecular flexibility index (Phi) is 4.98. The number of aromatic nitrogens is 2. The molecule has 0 unspecified atom stereocenters. The number of nitrogens with one attached hydrogen (secondary N) is 1. The van der Waals surface area contributed by atoms with Gasteiger partial charge in [-0.15, -0.1) is 0 Å². The van der Waals surface area contributed by atoms with Gasteiger partial charge >= 0.3 is 0 Å². The largest absolute Gasteiger partial charge is 0.493 e. The van der Waals surface area contributed by atoms with Crippen molar-refractivity contribution in [2.75, 3.05) is 14.2 Å². The maximum atomic E-state index is 12.3. The highest BCUT2D eigenvalue weighted by Crippen LogP contribution is 2.32. The molecule has 7 nitrogen and oxygen atoms in total. The van der Waals surface area contributed by atoms with Crippen LogP contribution in [0.1, 0.15) is 53.7 Å². The molecule has 3 rings (SSSR count). The Morgan fingerprint density at radius 1 is 1.25 bits per heavy atom. The van der Waals surface area contributed by atoms with Gasteiger partial charge < -0.3 is 19.3 Å². The fourth-order valence-corrected chi connectivity index (χ4v) is 2.92. The van der Waals surface area contributed by atoms with Crippen molar-refractivity contribution in [3.05, 3.63) is 35.5 Å². The second-order valence-corrected chi connectivity index (χ2v) is 5.78. The molecule has 1 N–H and O–H groups in total. The lowest BCUT2D eigenvalue weighted by atomic mass is 10.1. The first-order valence-electron chi connectivity index (χ1n) is 8.04. The third-order valence-electron chi connectivity index (χ3n) is 4.24. The van der Waals surface area contributed by atoms with Crippen LogP contribution in [0.4, 0.5) is 0 Å². The van der Waals surface area contributed by atoms with Gasteiger partial charge in [-0.25, -0.2) is 0 Å². The number of carbonyl (C=O) groups is 1. The Hall–Kier alpha value is -2.57. The molecule has 1 saturated carbocycles. The number of carbonyl (C=O) groups excluding carboxylic acids is 1. The number of nitrogens with zero attached hydrogens (tertiary/aromatic N) is 2. The molecule has 1 heterocycles. The molecule has 7 heteroatoms. The van der Waals surface area contributed by atoms with Crippen LogP contribution in [0.25, 0.3) is 0 Å². The first-order chi connectivity index (χ1) is 11.7. The maximum Gasteiger partial charge on any atom is 0.251 e. The fourth-order valence-electron chi connectivity index (χ4n) is 2.92. The molecule has 0 saturated heterocycles. The maximum absolute atomic E-state index is 12.3. The van der Waals surface area contributed by atoms with E-state index in [4.69, 9.17) is 14.0 Å². The molecule has 2 aromatic rings. The summed E-state index contributed by atoms with van der Waals surface area (Å²) in [5.41, 5.74) is 0.479. The molecule has 0 spiro atoms. The molecule has 1 aliphatic rings. The van der Waals surface area contributed by atoms with Crippen LogP contribution in [0.3, 0.4) is 0 Å².